The number of primary amides is 1. The normalized spacial score (nSPS) is 14.7. The van der Waals surface area contributed by atoms with E-state index in [2.05, 4.69) is 10.6 Å². The van der Waals surface area contributed by atoms with Crippen LogP contribution in [0, 0.1) is 5.92 Å². The number of nitrogens with two attached hydrogens (primary N) is 2. The minimum atomic E-state index is -1.11. The van der Waals surface area contributed by atoms with Crippen molar-refractivity contribution in [2.45, 2.75) is 58.2 Å². The van der Waals surface area contributed by atoms with Crippen LogP contribution in [-0.2, 0) is 19.2 Å². The third kappa shape index (κ3) is 8.77. The maximum atomic E-state index is 12.3. The van der Waals surface area contributed by atoms with Crippen LogP contribution in [0.15, 0.2) is 0 Å². The summed E-state index contributed by atoms with van der Waals surface area (Å²) >= 11 is 0. The highest BCUT2D eigenvalue weighted by Crippen LogP contribution is 2.07. The van der Waals surface area contributed by atoms with Gasteiger partial charge in [0.2, 0.25) is 17.7 Å². The fraction of sp³-hybridized carbons (Fsp3) is 0.714. The first-order valence-electron chi connectivity index (χ1n) is 7.42. The zero-order valence-electron chi connectivity index (χ0n) is 13.7. The molecule has 0 saturated carbocycles. The molecule has 7 N–H and O–H groups in total. The summed E-state index contributed by atoms with van der Waals surface area (Å²) < 4.78 is 0. The van der Waals surface area contributed by atoms with Gasteiger partial charge in [-0.25, -0.2) is 0 Å². The summed E-state index contributed by atoms with van der Waals surface area (Å²) in [4.78, 5) is 45.9. The summed E-state index contributed by atoms with van der Waals surface area (Å²) in [7, 11) is 0. The Labute approximate surface area is 135 Å². The molecule has 0 aromatic heterocycles. The summed E-state index contributed by atoms with van der Waals surface area (Å²) in [6.45, 7) is 5.22. The van der Waals surface area contributed by atoms with Crippen LogP contribution < -0.4 is 22.1 Å². The van der Waals surface area contributed by atoms with Gasteiger partial charge in [-0.1, -0.05) is 13.8 Å². The van der Waals surface area contributed by atoms with Crippen LogP contribution in [-0.4, -0.2) is 46.9 Å². The van der Waals surface area contributed by atoms with Crippen LogP contribution in [0.3, 0.4) is 0 Å². The lowest BCUT2D eigenvalue weighted by atomic mass is 10.0. The zero-order chi connectivity index (χ0) is 18.2. The number of carbonyl (C=O) groups is 4. The van der Waals surface area contributed by atoms with Gasteiger partial charge in [0.25, 0.3) is 0 Å². The number of carboxylic acids is 1. The lowest BCUT2D eigenvalue weighted by Crippen LogP contribution is -2.55. The van der Waals surface area contributed by atoms with E-state index < -0.39 is 41.8 Å². The molecule has 0 spiro atoms. The van der Waals surface area contributed by atoms with E-state index in [1.807, 2.05) is 13.8 Å². The van der Waals surface area contributed by atoms with Crippen molar-refractivity contribution in [3.63, 3.8) is 0 Å². The van der Waals surface area contributed by atoms with Gasteiger partial charge in [-0.05, 0) is 25.7 Å². The topological polar surface area (TPSA) is 165 Å². The molecule has 132 valence electrons. The zero-order valence-corrected chi connectivity index (χ0v) is 13.7. The lowest BCUT2D eigenvalue weighted by Gasteiger charge is -2.23. The first kappa shape index (κ1) is 20.8. The summed E-state index contributed by atoms with van der Waals surface area (Å²) in [6, 6.07) is -2.77. The molecule has 0 radical (unpaired) electrons. The number of hydrogen-bond donors (Lipinski definition) is 5. The molecule has 0 heterocycles. The third-order valence-electron chi connectivity index (χ3n) is 3.06. The highest BCUT2D eigenvalue weighted by molar-refractivity contribution is 5.92. The van der Waals surface area contributed by atoms with Crippen LogP contribution in [0.5, 0.6) is 0 Å². The third-order valence-corrected chi connectivity index (χ3v) is 3.06. The predicted octanol–water partition coefficient (Wildman–Crippen LogP) is -1.30. The number of hydrogen-bond acceptors (Lipinski definition) is 5. The van der Waals surface area contributed by atoms with Crippen LogP contribution >= 0.6 is 0 Å². The fourth-order valence-corrected chi connectivity index (χ4v) is 1.83. The molecule has 23 heavy (non-hydrogen) atoms. The number of rotatable bonds is 10. The summed E-state index contributed by atoms with van der Waals surface area (Å²) in [5.74, 6) is -2.92. The molecule has 0 aromatic rings. The molecule has 0 saturated heterocycles. The highest BCUT2D eigenvalue weighted by Gasteiger charge is 2.27. The van der Waals surface area contributed by atoms with Crippen molar-refractivity contribution in [3.8, 4) is 0 Å². The first-order chi connectivity index (χ1) is 10.5. The van der Waals surface area contributed by atoms with Crippen molar-refractivity contribution in [1.29, 1.82) is 0 Å². The summed E-state index contributed by atoms with van der Waals surface area (Å²) in [6.07, 6.45) is -0.0876. The Balaban J connectivity index is 4.92. The van der Waals surface area contributed by atoms with E-state index in [1.54, 1.807) is 0 Å². The predicted molar refractivity (Wildman–Crippen MR) is 83.0 cm³/mol. The van der Waals surface area contributed by atoms with Gasteiger partial charge in [-0.3, -0.25) is 19.2 Å². The van der Waals surface area contributed by atoms with Crippen molar-refractivity contribution in [2.75, 3.05) is 0 Å². The van der Waals surface area contributed by atoms with E-state index in [0.717, 1.165) is 0 Å². The fourth-order valence-electron chi connectivity index (χ4n) is 1.83. The number of carboxylic acid groups (broad SMARTS) is 1. The van der Waals surface area contributed by atoms with Crippen molar-refractivity contribution >= 4 is 23.7 Å². The van der Waals surface area contributed by atoms with Crippen LogP contribution in [0.1, 0.15) is 40.0 Å². The molecule has 0 aliphatic rings. The van der Waals surface area contributed by atoms with E-state index in [0.29, 0.717) is 6.42 Å². The minimum absolute atomic E-state index is 0.102. The second-order valence-electron chi connectivity index (χ2n) is 5.88. The molecule has 3 amide bonds. The van der Waals surface area contributed by atoms with Gasteiger partial charge in [0.15, 0.2) is 0 Å². The summed E-state index contributed by atoms with van der Waals surface area (Å²) in [5.41, 5.74) is 10.6. The van der Waals surface area contributed by atoms with Crippen molar-refractivity contribution in [3.05, 3.63) is 0 Å². The van der Waals surface area contributed by atoms with E-state index in [-0.39, 0.29) is 18.8 Å². The molecule has 3 atom stereocenters. The lowest BCUT2D eigenvalue weighted by molar-refractivity contribution is -0.138. The Hall–Kier alpha value is -2.16. The van der Waals surface area contributed by atoms with E-state index >= 15 is 0 Å². The maximum absolute atomic E-state index is 12.3. The number of amides is 3. The van der Waals surface area contributed by atoms with Gasteiger partial charge >= 0.3 is 5.97 Å². The van der Waals surface area contributed by atoms with Crippen molar-refractivity contribution in [2.24, 2.45) is 17.4 Å². The Morgan fingerprint density at radius 1 is 1.00 bits per heavy atom. The first-order valence-corrected chi connectivity index (χ1v) is 7.42. The molecule has 0 aliphatic carbocycles. The second kappa shape index (κ2) is 9.78. The smallest absolute Gasteiger partial charge is 0.303 e. The highest BCUT2D eigenvalue weighted by atomic mass is 16.4. The van der Waals surface area contributed by atoms with Gasteiger partial charge in [-0.2, -0.15) is 0 Å². The van der Waals surface area contributed by atoms with Gasteiger partial charge in [0, 0.05) is 6.42 Å². The number of nitrogens with one attached hydrogen (secondary N) is 2. The molecular weight excluding hydrogens is 304 g/mol. The molecule has 0 unspecified atom stereocenters. The van der Waals surface area contributed by atoms with Gasteiger partial charge < -0.3 is 27.2 Å². The number of aliphatic carboxylic acids is 1. The van der Waals surface area contributed by atoms with E-state index in [4.69, 9.17) is 16.6 Å². The maximum Gasteiger partial charge on any atom is 0.303 e. The van der Waals surface area contributed by atoms with E-state index in [1.165, 1.54) is 6.92 Å². The quantitative estimate of drug-likeness (QED) is 0.334. The Morgan fingerprint density at radius 2 is 1.52 bits per heavy atom. The molecule has 9 heteroatoms. The largest absolute Gasteiger partial charge is 0.481 e. The average Bonchev–Trinajstić information content (AvgIpc) is 2.40. The second-order valence-corrected chi connectivity index (χ2v) is 5.88. The van der Waals surface area contributed by atoms with Gasteiger partial charge in [0.1, 0.15) is 12.1 Å². The SMILES string of the molecule is CC(C)C[C@H](NC(=O)[C@H](C)N)C(=O)N[C@@H](CCC(=O)O)C(N)=O. The molecule has 9 nitrogen and oxygen atoms in total. The summed E-state index contributed by atoms with van der Waals surface area (Å²) in [5, 5.41) is 13.6. The van der Waals surface area contributed by atoms with E-state index in [9.17, 15) is 19.2 Å². The Kier molecular flexibility index (Phi) is 8.86. The minimum Gasteiger partial charge on any atom is -0.481 e. The van der Waals surface area contributed by atoms with Crippen molar-refractivity contribution in [1.82, 2.24) is 10.6 Å². The van der Waals surface area contributed by atoms with Crippen LogP contribution in [0.4, 0.5) is 0 Å². The molecule has 0 aliphatic heterocycles. The molecule has 0 fully saturated rings. The van der Waals surface area contributed by atoms with Gasteiger partial charge in [-0.15, -0.1) is 0 Å². The molecular formula is C14H26N4O5. The number of carbonyl (C=O) groups excluding carboxylic acids is 3. The van der Waals surface area contributed by atoms with Crippen LogP contribution in [0.25, 0.3) is 0 Å². The van der Waals surface area contributed by atoms with Gasteiger partial charge in [0.05, 0.1) is 6.04 Å². The molecule has 0 aromatic carbocycles. The van der Waals surface area contributed by atoms with Crippen molar-refractivity contribution < 1.29 is 24.3 Å². The Bertz CT molecular complexity index is 450. The average molecular weight is 330 g/mol. The Morgan fingerprint density at radius 3 is 1.91 bits per heavy atom. The standard InChI is InChI=1S/C14H26N4O5/c1-7(2)6-10(18-13(22)8(3)15)14(23)17-9(12(16)21)4-5-11(19)20/h7-10H,4-6,15H2,1-3H3,(H2,16,21)(H,17,23)(H,18,22)(H,19,20)/t8-,9-,10-/m0/s1. The molecule has 0 rings (SSSR count). The molecule has 0 bridgehead atoms. The monoisotopic (exact) mass is 330 g/mol. The van der Waals surface area contributed by atoms with Crippen LogP contribution in [0.2, 0.25) is 0 Å².